The van der Waals surface area contributed by atoms with E-state index in [-0.39, 0.29) is 5.78 Å². The molecule has 0 saturated heterocycles. The van der Waals surface area contributed by atoms with Crippen LogP contribution in [0.15, 0.2) is 46.9 Å². The Kier molecular flexibility index (Phi) is 4.21. The van der Waals surface area contributed by atoms with Gasteiger partial charge in [0, 0.05) is 24.3 Å². The molecule has 0 aliphatic rings. The molecule has 0 fully saturated rings. The van der Waals surface area contributed by atoms with E-state index in [0.717, 1.165) is 23.1 Å². The number of rotatable bonds is 4. The van der Waals surface area contributed by atoms with E-state index in [1.54, 1.807) is 24.3 Å². The van der Waals surface area contributed by atoms with Gasteiger partial charge in [-0.1, -0.05) is 36.8 Å². The van der Waals surface area contributed by atoms with Gasteiger partial charge in [-0.2, -0.15) is 0 Å². The van der Waals surface area contributed by atoms with E-state index < -0.39 is 5.97 Å². The molecule has 0 saturated carbocycles. The van der Waals surface area contributed by atoms with Gasteiger partial charge in [0.15, 0.2) is 5.78 Å². The molecule has 0 spiro atoms. The van der Waals surface area contributed by atoms with Crippen molar-refractivity contribution in [3.63, 3.8) is 0 Å². The molecule has 1 aromatic heterocycles. The van der Waals surface area contributed by atoms with Crippen molar-refractivity contribution < 1.29 is 18.7 Å². The fourth-order valence-corrected chi connectivity index (χ4v) is 2.61. The molecule has 122 valence electrons. The summed E-state index contributed by atoms with van der Waals surface area (Å²) in [5.41, 5.74) is 2.56. The summed E-state index contributed by atoms with van der Waals surface area (Å²) in [6.45, 7) is 5.28. The highest BCUT2D eigenvalue weighted by Gasteiger charge is 2.18. The van der Waals surface area contributed by atoms with Crippen LogP contribution in [0.1, 0.15) is 41.1 Å². The summed E-state index contributed by atoms with van der Waals surface area (Å²) in [7, 11) is 0. The van der Waals surface area contributed by atoms with Gasteiger partial charge in [0.25, 0.3) is 0 Å². The van der Waals surface area contributed by atoms with Gasteiger partial charge in [-0.15, -0.1) is 0 Å². The van der Waals surface area contributed by atoms with Gasteiger partial charge in [-0.05, 0) is 25.1 Å². The van der Waals surface area contributed by atoms with Crippen molar-refractivity contribution in [3.05, 3.63) is 64.9 Å². The molecule has 2 aromatic carbocycles. The van der Waals surface area contributed by atoms with Crippen molar-refractivity contribution in [1.82, 2.24) is 0 Å². The lowest BCUT2D eigenvalue weighted by Gasteiger charge is -2.06. The molecule has 0 radical (unpaired) electrons. The number of fused-ring (bicyclic) bond motifs is 1. The Morgan fingerprint density at radius 3 is 2.42 bits per heavy atom. The van der Waals surface area contributed by atoms with E-state index in [0.29, 0.717) is 22.5 Å². The SMILES string of the molecule is CCc1cc2cc(OC(C)=O)cc(C(=O)c3ccc(C)cc3)c2o1. The van der Waals surface area contributed by atoms with Crippen molar-refractivity contribution >= 4 is 22.7 Å². The molecule has 3 rings (SSSR count). The zero-order valence-corrected chi connectivity index (χ0v) is 13.9. The standard InChI is InChI=1S/C20H18O4/c1-4-16-9-15-10-17(23-13(3)21)11-18(20(15)24-16)19(22)14-7-5-12(2)6-8-14/h5-11H,4H2,1-3H3. The number of hydrogen-bond acceptors (Lipinski definition) is 4. The van der Waals surface area contributed by atoms with Crippen LogP contribution < -0.4 is 4.74 Å². The zero-order valence-electron chi connectivity index (χ0n) is 13.9. The maximum Gasteiger partial charge on any atom is 0.308 e. The minimum Gasteiger partial charge on any atom is -0.460 e. The fourth-order valence-electron chi connectivity index (χ4n) is 2.61. The summed E-state index contributed by atoms with van der Waals surface area (Å²) in [6.07, 6.45) is 0.718. The normalized spacial score (nSPS) is 10.8. The number of ketones is 1. The quantitative estimate of drug-likeness (QED) is 0.404. The second-order valence-electron chi connectivity index (χ2n) is 5.74. The van der Waals surface area contributed by atoms with Crippen LogP contribution in [-0.2, 0) is 11.2 Å². The van der Waals surface area contributed by atoms with Crippen LogP contribution >= 0.6 is 0 Å². The first-order valence-corrected chi connectivity index (χ1v) is 7.84. The highest BCUT2D eigenvalue weighted by Crippen LogP contribution is 2.30. The number of ether oxygens (including phenoxy) is 1. The van der Waals surface area contributed by atoms with Crippen LogP contribution in [0.4, 0.5) is 0 Å². The lowest BCUT2D eigenvalue weighted by atomic mass is 10.0. The first-order valence-electron chi connectivity index (χ1n) is 7.84. The Hall–Kier alpha value is -2.88. The minimum absolute atomic E-state index is 0.161. The summed E-state index contributed by atoms with van der Waals surface area (Å²) in [5.74, 6) is 0.533. The second-order valence-corrected chi connectivity index (χ2v) is 5.74. The third-order valence-corrected chi connectivity index (χ3v) is 3.81. The molecule has 0 unspecified atom stereocenters. The summed E-state index contributed by atoms with van der Waals surface area (Å²) in [5, 5.41) is 0.751. The highest BCUT2D eigenvalue weighted by molar-refractivity contribution is 6.15. The molecule has 3 aromatic rings. The largest absolute Gasteiger partial charge is 0.460 e. The Balaban J connectivity index is 2.16. The average molecular weight is 322 g/mol. The lowest BCUT2D eigenvalue weighted by molar-refractivity contribution is -0.131. The summed E-state index contributed by atoms with van der Waals surface area (Å²) in [4.78, 5) is 24.2. The third-order valence-electron chi connectivity index (χ3n) is 3.81. The highest BCUT2D eigenvalue weighted by atomic mass is 16.5. The van der Waals surface area contributed by atoms with Crippen molar-refractivity contribution in [2.24, 2.45) is 0 Å². The number of furan rings is 1. The molecule has 4 nitrogen and oxygen atoms in total. The summed E-state index contributed by atoms with van der Waals surface area (Å²) in [6, 6.07) is 12.5. The number of benzene rings is 2. The van der Waals surface area contributed by atoms with E-state index in [1.807, 2.05) is 32.0 Å². The van der Waals surface area contributed by atoms with Crippen LogP contribution in [0, 0.1) is 6.92 Å². The van der Waals surface area contributed by atoms with Crippen LogP contribution in [0.3, 0.4) is 0 Å². The van der Waals surface area contributed by atoms with Crippen molar-refractivity contribution in [2.75, 3.05) is 0 Å². The molecule has 0 aliphatic heterocycles. The third kappa shape index (κ3) is 3.08. The topological polar surface area (TPSA) is 56.5 Å². The summed E-state index contributed by atoms with van der Waals surface area (Å²) >= 11 is 0. The first kappa shape index (κ1) is 16.0. The monoisotopic (exact) mass is 322 g/mol. The molecule has 0 amide bonds. The molecule has 24 heavy (non-hydrogen) atoms. The molecule has 0 aliphatic carbocycles. The van der Waals surface area contributed by atoms with Crippen LogP contribution in [0.2, 0.25) is 0 Å². The predicted molar refractivity (Wildman–Crippen MR) is 91.5 cm³/mol. The van der Waals surface area contributed by atoms with Crippen LogP contribution in [0.5, 0.6) is 5.75 Å². The molecule has 4 heteroatoms. The van der Waals surface area contributed by atoms with Crippen LogP contribution in [-0.4, -0.2) is 11.8 Å². The summed E-state index contributed by atoms with van der Waals surface area (Å²) < 4.78 is 11.0. The predicted octanol–water partition coefficient (Wildman–Crippen LogP) is 4.46. The van der Waals surface area contributed by atoms with E-state index in [4.69, 9.17) is 9.15 Å². The van der Waals surface area contributed by atoms with E-state index in [9.17, 15) is 9.59 Å². The van der Waals surface area contributed by atoms with Crippen LogP contribution in [0.25, 0.3) is 11.0 Å². The molecule has 0 bridgehead atoms. The Morgan fingerprint density at radius 1 is 1.08 bits per heavy atom. The van der Waals surface area contributed by atoms with Gasteiger partial charge in [-0.25, -0.2) is 0 Å². The molecule has 0 N–H and O–H groups in total. The van der Waals surface area contributed by atoms with Gasteiger partial charge in [0.1, 0.15) is 17.1 Å². The molecule has 1 heterocycles. The number of hydrogen-bond donors (Lipinski definition) is 0. The molecular formula is C20H18O4. The lowest BCUT2D eigenvalue weighted by Crippen LogP contribution is -2.05. The van der Waals surface area contributed by atoms with Crippen molar-refractivity contribution in [2.45, 2.75) is 27.2 Å². The molecular weight excluding hydrogens is 304 g/mol. The fraction of sp³-hybridized carbons (Fsp3) is 0.200. The average Bonchev–Trinajstić information content (AvgIpc) is 2.96. The Morgan fingerprint density at radius 2 is 1.79 bits per heavy atom. The minimum atomic E-state index is -0.428. The maximum absolute atomic E-state index is 12.9. The molecule has 0 atom stereocenters. The number of esters is 1. The number of carbonyl (C=O) groups excluding carboxylic acids is 2. The van der Waals surface area contributed by atoms with Gasteiger partial charge >= 0.3 is 5.97 Å². The Labute approximate surface area is 140 Å². The van der Waals surface area contributed by atoms with Gasteiger partial charge < -0.3 is 9.15 Å². The second kappa shape index (κ2) is 6.32. The van der Waals surface area contributed by atoms with Crippen molar-refractivity contribution in [1.29, 1.82) is 0 Å². The van der Waals surface area contributed by atoms with Crippen molar-refractivity contribution in [3.8, 4) is 5.75 Å². The van der Waals surface area contributed by atoms with Gasteiger partial charge in [0.05, 0.1) is 5.56 Å². The zero-order chi connectivity index (χ0) is 17.3. The van der Waals surface area contributed by atoms with E-state index in [1.165, 1.54) is 6.92 Å². The van der Waals surface area contributed by atoms with Gasteiger partial charge in [0.2, 0.25) is 0 Å². The number of aryl methyl sites for hydroxylation is 2. The van der Waals surface area contributed by atoms with Gasteiger partial charge in [-0.3, -0.25) is 9.59 Å². The smallest absolute Gasteiger partial charge is 0.308 e. The number of carbonyl (C=O) groups is 2. The van der Waals surface area contributed by atoms with E-state index >= 15 is 0 Å². The maximum atomic E-state index is 12.9. The first-order chi connectivity index (χ1) is 11.5. The Bertz CT molecular complexity index is 917. The van der Waals surface area contributed by atoms with E-state index in [2.05, 4.69) is 0 Å².